The van der Waals surface area contributed by atoms with Crippen molar-refractivity contribution in [2.45, 2.75) is 52.0 Å². The van der Waals surface area contributed by atoms with Gasteiger partial charge in [-0.05, 0) is 44.2 Å². The molecule has 0 spiro atoms. The summed E-state index contributed by atoms with van der Waals surface area (Å²) in [5, 5.41) is 3.68. The molecule has 0 unspecified atom stereocenters. The highest BCUT2D eigenvalue weighted by Crippen LogP contribution is 2.28. The van der Waals surface area contributed by atoms with Crippen LogP contribution < -0.4 is 5.32 Å². The van der Waals surface area contributed by atoms with E-state index in [1.807, 2.05) is 0 Å². The molecule has 0 radical (unpaired) electrons. The fraction of sp³-hybridized carbons (Fsp3) is 0.600. The molecule has 1 saturated carbocycles. The minimum Gasteiger partial charge on any atom is -0.382 e. The molecule has 1 aromatic rings. The zero-order valence-electron chi connectivity index (χ0n) is 10.5. The molecule has 0 aromatic heterocycles. The molecular formula is C15H23N. The normalized spacial score (nSPS) is 19.4. The van der Waals surface area contributed by atoms with Gasteiger partial charge in [-0.2, -0.15) is 0 Å². The van der Waals surface area contributed by atoms with E-state index in [9.17, 15) is 0 Å². The van der Waals surface area contributed by atoms with Gasteiger partial charge in [-0.15, -0.1) is 0 Å². The lowest BCUT2D eigenvalue weighted by Crippen LogP contribution is -2.27. The molecule has 1 aliphatic carbocycles. The molecule has 1 aliphatic rings. The van der Waals surface area contributed by atoms with E-state index >= 15 is 0 Å². The van der Waals surface area contributed by atoms with Gasteiger partial charge in [-0.25, -0.2) is 0 Å². The highest BCUT2D eigenvalue weighted by molar-refractivity contribution is 5.50. The van der Waals surface area contributed by atoms with Crippen molar-refractivity contribution in [3.05, 3.63) is 29.8 Å². The molecule has 2 rings (SSSR count). The largest absolute Gasteiger partial charge is 0.382 e. The van der Waals surface area contributed by atoms with E-state index in [0.29, 0.717) is 6.04 Å². The summed E-state index contributed by atoms with van der Waals surface area (Å²) in [5.41, 5.74) is 2.66. The fourth-order valence-corrected chi connectivity index (χ4v) is 2.73. The van der Waals surface area contributed by atoms with Crippen LogP contribution in [0.3, 0.4) is 0 Å². The highest BCUT2D eigenvalue weighted by Gasteiger charge is 2.19. The van der Waals surface area contributed by atoms with Crippen LogP contribution in [0.1, 0.15) is 44.6 Å². The van der Waals surface area contributed by atoms with Gasteiger partial charge in [0, 0.05) is 11.7 Å². The van der Waals surface area contributed by atoms with Gasteiger partial charge in [0.05, 0.1) is 0 Å². The lowest BCUT2D eigenvalue weighted by molar-refractivity contribution is 0.328. The Morgan fingerprint density at radius 2 is 1.81 bits per heavy atom. The van der Waals surface area contributed by atoms with Crippen LogP contribution in [0.4, 0.5) is 5.69 Å². The van der Waals surface area contributed by atoms with Crippen LogP contribution in [0.2, 0.25) is 0 Å². The summed E-state index contributed by atoms with van der Waals surface area (Å²) in [6, 6.07) is 9.20. The minimum atomic E-state index is 0.612. The van der Waals surface area contributed by atoms with E-state index in [0.717, 1.165) is 5.92 Å². The third kappa shape index (κ3) is 2.78. The van der Waals surface area contributed by atoms with Gasteiger partial charge >= 0.3 is 0 Å². The van der Waals surface area contributed by atoms with Crippen LogP contribution in [-0.4, -0.2) is 6.04 Å². The van der Waals surface area contributed by atoms with E-state index in [2.05, 4.69) is 43.4 Å². The summed E-state index contributed by atoms with van der Waals surface area (Å²) in [4.78, 5) is 0. The van der Waals surface area contributed by atoms with Crippen molar-refractivity contribution in [2.75, 3.05) is 5.32 Å². The molecule has 16 heavy (non-hydrogen) atoms. The molecule has 0 aliphatic heterocycles. The van der Waals surface area contributed by atoms with Crippen LogP contribution in [0.25, 0.3) is 0 Å². The molecule has 88 valence electrons. The number of hydrogen-bond acceptors (Lipinski definition) is 1. The van der Waals surface area contributed by atoms with Crippen molar-refractivity contribution in [3.8, 4) is 0 Å². The molecule has 0 saturated heterocycles. The molecule has 1 nitrogen and oxygen atoms in total. The number of nitrogens with one attached hydrogen (secondary N) is 1. The second kappa shape index (κ2) is 5.38. The Hall–Kier alpha value is -0.980. The lowest BCUT2D eigenvalue weighted by Gasteiger charge is -2.29. The number of anilines is 1. The van der Waals surface area contributed by atoms with Crippen LogP contribution in [0.5, 0.6) is 0 Å². The smallest absolute Gasteiger partial charge is 0.0372 e. The summed E-state index contributed by atoms with van der Waals surface area (Å²) in [5.74, 6) is 0.869. The Bertz CT molecular complexity index is 326. The van der Waals surface area contributed by atoms with Crippen molar-refractivity contribution >= 4 is 5.69 Å². The van der Waals surface area contributed by atoms with Crippen molar-refractivity contribution in [1.29, 1.82) is 0 Å². The topological polar surface area (TPSA) is 12.0 Å². The summed E-state index contributed by atoms with van der Waals surface area (Å²) >= 11 is 0. The van der Waals surface area contributed by atoms with Crippen molar-refractivity contribution < 1.29 is 0 Å². The van der Waals surface area contributed by atoms with Gasteiger partial charge in [0.25, 0.3) is 0 Å². The molecular weight excluding hydrogens is 194 g/mol. The monoisotopic (exact) mass is 217 g/mol. The number of aryl methyl sites for hydroxylation is 1. The molecule has 1 fully saturated rings. The van der Waals surface area contributed by atoms with Crippen LogP contribution in [-0.2, 0) is 0 Å². The Balaban J connectivity index is 1.96. The minimum absolute atomic E-state index is 0.612. The van der Waals surface area contributed by atoms with Gasteiger partial charge < -0.3 is 5.32 Å². The molecule has 0 amide bonds. The average molecular weight is 217 g/mol. The highest BCUT2D eigenvalue weighted by atomic mass is 14.9. The van der Waals surface area contributed by atoms with Gasteiger partial charge in [-0.3, -0.25) is 0 Å². The number of para-hydroxylation sites is 1. The average Bonchev–Trinajstić information content (AvgIpc) is 2.33. The standard InChI is InChI=1S/C15H23N/c1-12-8-6-7-11-15(12)16-13(2)14-9-4-3-5-10-14/h6-8,11,13-14,16H,3-5,9-10H2,1-2H3/t13-/m0/s1. The first-order chi connectivity index (χ1) is 7.77. The van der Waals surface area contributed by atoms with E-state index in [-0.39, 0.29) is 0 Å². The number of hydrogen-bond donors (Lipinski definition) is 1. The Kier molecular flexibility index (Phi) is 3.87. The van der Waals surface area contributed by atoms with E-state index in [4.69, 9.17) is 0 Å². The van der Waals surface area contributed by atoms with E-state index in [1.54, 1.807) is 0 Å². The molecule has 0 heterocycles. The Morgan fingerprint density at radius 1 is 1.12 bits per heavy atom. The van der Waals surface area contributed by atoms with E-state index < -0.39 is 0 Å². The first-order valence-corrected chi connectivity index (χ1v) is 6.59. The zero-order valence-corrected chi connectivity index (χ0v) is 10.5. The van der Waals surface area contributed by atoms with Crippen molar-refractivity contribution in [3.63, 3.8) is 0 Å². The van der Waals surface area contributed by atoms with Crippen LogP contribution in [0, 0.1) is 12.8 Å². The first-order valence-electron chi connectivity index (χ1n) is 6.59. The second-order valence-electron chi connectivity index (χ2n) is 5.15. The first kappa shape index (κ1) is 11.5. The lowest BCUT2D eigenvalue weighted by atomic mass is 9.84. The van der Waals surface area contributed by atoms with Crippen LogP contribution >= 0.6 is 0 Å². The van der Waals surface area contributed by atoms with Gasteiger partial charge in [0.1, 0.15) is 0 Å². The third-order valence-corrected chi connectivity index (χ3v) is 3.89. The Morgan fingerprint density at radius 3 is 2.50 bits per heavy atom. The maximum atomic E-state index is 3.68. The van der Waals surface area contributed by atoms with E-state index in [1.165, 1.54) is 43.4 Å². The zero-order chi connectivity index (χ0) is 11.4. The summed E-state index contributed by atoms with van der Waals surface area (Å²) in [6.07, 6.45) is 7.09. The molecule has 1 heteroatoms. The summed E-state index contributed by atoms with van der Waals surface area (Å²) in [6.45, 7) is 4.51. The van der Waals surface area contributed by atoms with Gasteiger partial charge in [-0.1, -0.05) is 37.5 Å². The van der Waals surface area contributed by atoms with Gasteiger partial charge in [0.15, 0.2) is 0 Å². The Labute approximate surface area is 99.3 Å². The summed E-state index contributed by atoms with van der Waals surface area (Å²) < 4.78 is 0. The molecule has 1 atom stereocenters. The molecule has 1 N–H and O–H groups in total. The predicted octanol–water partition coefficient (Wildman–Crippen LogP) is 4.38. The molecule has 1 aromatic carbocycles. The SMILES string of the molecule is Cc1ccccc1N[C@@H](C)C1CCCCC1. The maximum Gasteiger partial charge on any atom is 0.0372 e. The van der Waals surface area contributed by atoms with Crippen LogP contribution in [0.15, 0.2) is 24.3 Å². The van der Waals surface area contributed by atoms with Crippen molar-refractivity contribution in [2.24, 2.45) is 5.92 Å². The fourth-order valence-electron chi connectivity index (χ4n) is 2.73. The predicted molar refractivity (Wildman–Crippen MR) is 70.8 cm³/mol. The number of benzene rings is 1. The quantitative estimate of drug-likeness (QED) is 0.792. The van der Waals surface area contributed by atoms with Crippen molar-refractivity contribution in [1.82, 2.24) is 0 Å². The summed E-state index contributed by atoms with van der Waals surface area (Å²) in [7, 11) is 0. The maximum absolute atomic E-state index is 3.68. The third-order valence-electron chi connectivity index (χ3n) is 3.89. The number of rotatable bonds is 3. The second-order valence-corrected chi connectivity index (χ2v) is 5.15. The molecule has 0 bridgehead atoms. The van der Waals surface area contributed by atoms with Gasteiger partial charge in [0.2, 0.25) is 0 Å².